The lowest BCUT2D eigenvalue weighted by atomic mass is 9.73. The molecule has 2 amide bonds. The normalized spacial score (nSPS) is 22.6. The van der Waals surface area contributed by atoms with E-state index < -0.39 is 35.2 Å². The van der Waals surface area contributed by atoms with Gasteiger partial charge in [0.25, 0.3) is 0 Å². The molecule has 1 heterocycles. The molecule has 1 aliphatic heterocycles. The molecule has 0 aromatic carbocycles. The maximum Gasteiger partial charge on any atom is 0.326 e. The number of carbonyl (C=O) groups is 4. The Morgan fingerprint density at radius 2 is 1.76 bits per heavy atom. The molecule has 0 aromatic heterocycles. The fourth-order valence-electron chi connectivity index (χ4n) is 3.38. The molecule has 7 heteroatoms. The molecule has 7 nitrogen and oxygen atoms in total. The van der Waals surface area contributed by atoms with Crippen LogP contribution in [0.3, 0.4) is 0 Å². The van der Waals surface area contributed by atoms with Crippen molar-refractivity contribution >= 4 is 23.8 Å². The van der Waals surface area contributed by atoms with Crippen LogP contribution in [0.1, 0.15) is 51.4 Å². The number of carboxylic acids is 2. The fraction of sp³-hybridized carbons (Fsp3) is 0.714. The molecule has 21 heavy (non-hydrogen) atoms. The second-order valence-corrected chi connectivity index (χ2v) is 5.87. The highest BCUT2D eigenvalue weighted by molar-refractivity contribution is 6.08. The Labute approximate surface area is 121 Å². The van der Waals surface area contributed by atoms with Gasteiger partial charge in [-0.05, 0) is 19.3 Å². The summed E-state index contributed by atoms with van der Waals surface area (Å²) in [6.07, 6.45) is 3.38. The van der Waals surface area contributed by atoms with E-state index in [1.165, 1.54) is 0 Å². The summed E-state index contributed by atoms with van der Waals surface area (Å²) in [5, 5.41) is 17.9. The van der Waals surface area contributed by atoms with Crippen molar-refractivity contribution in [3.8, 4) is 0 Å². The molecule has 1 atom stereocenters. The highest BCUT2D eigenvalue weighted by Crippen LogP contribution is 2.46. The van der Waals surface area contributed by atoms with Crippen molar-refractivity contribution in [2.24, 2.45) is 5.41 Å². The van der Waals surface area contributed by atoms with Gasteiger partial charge >= 0.3 is 11.9 Å². The van der Waals surface area contributed by atoms with Gasteiger partial charge in [0.15, 0.2) is 0 Å². The molecule has 1 spiro atoms. The highest BCUT2D eigenvalue weighted by Gasteiger charge is 2.54. The van der Waals surface area contributed by atoms with Crippen molar-refractivity contribution in [1.29, 1.82) is 0 Å². The minimum Gasteiger partial charge on any atom is -0.481 e. The maximum atomic E-state index is 12.6. The lowest BCUT2D eigenvalue weighted by Crippen LogP contribution is -2.47. The number of carbonyl (C=O) groups excluding carboxylic acids is 2. The smallest absolute Gasteiger partial charge is 0.326 e. The van der Waals surface area contributed by atoms with Crippen LogP contribution in [0.4, 0.5) is 0 Å². The first-order valence-electron chi connectivity index (χ1n) is 7.18. The van der Waals surface area contributed by atoms with E-state index in [1.54, 1.807) is 0 Å². The van der Waals surface area contributed by atoms with Gasteiger partial charge in [-0.2, -0.15) is 0 Å². The zero-order valence-corrected chi connectivity index (χ0v) is 11.7. The average Bonchev–Trinajstić information content (AvgIpc) is 2.63. The third-order valence-corrected chi connectivity index (χ3v) is 4.47. The highest BCUT2D eigenvalue weighted by atomic mass is 16.4. The zero-order chi connectivity index (χ0) is 15.6. The molecule has 116 valence electrons. The van der Waals surface area contributed by atoms with Crippen LogP contribution in [-0.2, 0) is 19.2 Å². The van der Waals surface area contributed by atoms with E-state index in [1.807, 2.05) is 0 Å². The molecule has 2 aliphatic rings. The van der Waals surface area contributed by atoms with Crippen LogP contribution in [0.2, 0.25) is 0 Å². The predicted octanol–water partition coefficient (Wildman–Crippen LogP) is 1.01. The first-order valence-corrected chi connectivity index (χ1v) is 7.18. The van der Waals surface area contributed by atoms with Crippen LogP contribution >= 0.6 is 0 Å². The molecule has 2 N–H and O–H groups in total. The standard InChI is InChI=1S/C14H19NO6/c16-10-8-14(6-2-1-3-7-14)13(21)15(10)9(12(19)20)4-5-11(17)18/h9H,1-8H2,(H,17,18)(H,19,20). The monoisotopic (exact) mass is 297 g/mol. The topological polar surface area (TPSA) is 112 Å². The molecule has 1 saturated carbocycles. The molecule has 2 rings (SSSR count). The second kappa shape index (κ2) is 5.83. The Morgan fingerprint density at radius 3 is 2.29 bits per heavy atom. The average molecular weight is 297 g/mol. The maximum absolute atomic E-state index is 12.6. The van der Waals surface area contributed by atoms with Gasteiger partial charge in [0.1, 0.15) is 6.04 Å². The van der Waals surface area contributed by atoms with Gasteiger partial charge in [0.2, 0.25) is 11.8 Å². The number of likely N-dealkylation sites (tertiary alicyclic amines) is 1. The van der Waals surface area contributed by atoms with Gasteiger partial charge in [-0.3, -0.25) is 19.3 Å². The second-order valence-electron chi connectivity index (χ2n) is 5.87. The van der Waals surface area contributed by atoms with Gasteiger partial charge in [0.05, 0.1) is 5.41 Å². The first-order chi connectivity index (χ1) is 9.87. The van der Waals surface area contributed by atoms with E-state index in [2.05, 4.69) is 0 Å². The quantitative estimate of drug-likeness (QED) is 0.732. The lowest BCUT2D eigenvalue weighted by Gasteiger charge is -2.31. The predicted molar refractivity (Wildman–Crippen MR) is 70.3 cm³/mol. The number of aliphatic carboxylic acids is 2. The van der Waals surface area contributed by atoms with Crippen molar-refractivity contribution in [1.82, 2.24) is 4.90 Å². The Kier molecular flexibility index (Phi) is 4.29. The van der Waals surface area contributed by atoms with Crippen LogP contribution in [0.25, 0.3) is 0 Å². The number of hydrogen-bond acceptors (Lipinski definition) is 4. The number of amides is 2. The first kappa shape index (κ1) is 15.5. The minimum atomic E-state index is -1.37. The number of imide groups is 1. The van der Waals surface area contributed by atoms with Gasteiger partial charge in [-0.15, -0.1) is 0 Å². The summed E-state index contributed by atoms with van der Waals surface area (Å²) in [6, 6.07) is -1.37. The van der Waals surface area contributed by atoms with E-state index in [0.29, 0.717) is 12.8 Å². The van der Waals surface area contributed by atoms with Crippen LogP contribution < -0.4 is 0 Å². The molecule has 1 saturated heterocycles. The summed E-state index contributed by atoms with van der Waals surface area (Å²) in [4.78, 5) is 47.5. The Morgan fingerprint density at radius 1 is 1.14 bits per heavy atom. The molecule has 0 bridgehead atoms. The van der Waals surface area contributed by atoms with E-state index in [0.717, 1.165) is 24.2 Å². The third-order valence-electron chi connectivity index (χ3n) is 4.47. The van der Waals surface area contributed by atoms with Crippen molar-refractivity contribution in [2.75, 3.05) is 0 Å². The van der Waals surface area contributed by atoms with Gasteiger partial charge in [0, 0.05) is 12.8 Å². The molecule has 1 aliphatic carbocycles. The van der Waals surface area contributed by atoms with Crippen LogP contribution in [0.15, 0.2) is 0 Å². The van der Waals surface area contributed by atoms with Crippen molar-refractivity contribution in [3.63, 3.8) is 0 Å². The summed E-state index contributed by atoms with van der Waals surface area (Å²) in [5.74, 6) is -3.39. The number of nitrogens with zero attached hydrogens (tertiary/aromatic N) is 1. The van der Waals surface area contributed by atoms with Crippen molar-refractivity contribution in [2.45, 2.75) is 57.4 Å². The van der Waals surface area contributed by atoms with Gasteiger partial charge < -0.3 is 10.2 Å². The molecule has 2 fully saturated rings. The number of rotatable bonds is 5. The van der Waals surface area contributed by atoms with E-state index in [4.69, 9.17) is 5.11 Å². The van der Waals surface area contributed by atoms with Crippen LogP contribution in [-0.4, -0.2) is 44.9 Å². The SMILES string of the molecule is O=C(O)CCC(C(=O)O)N1C(=O)CC2(CCCCC2)C1=O. The lowest BCUT2D eigenvalue weighted by molar-refractivity contribution is -0.157. The fourth-order valence-corrected chi connectivity index (χ4v) is 3.38. The summed E-state index contributed by atoms with van der Waals surface area (Å²) in [6.45, 7) is 0. The van der Waals surface area contributed by atoms with E-state index >= 15 is 0 Å². The van der Waals surface area contributed by atoms with Crippen LogP contribution in [0.5, 0.6) is 0 Å². The van der Waals surface area contributed by atoms with E-state index in [-0.39, 0.29) is 19.3 Å². The Balaban J connectivity index is 2.20. The van der Waals surface area contributed by atoms with Crippen LogP contribution in [0, 0.1) is 5.41 Å². The van der Waals surface area contributed by atoms with Gasteiger partial charge in [-0.25, -0.2) is 4.79 Å². The summed E-state index contributed by atoms with van der Waals surface area (Å²) in [5.41, 5.74) is -0.744. The Hall–Kier alpha value is -1.92. The van der Waals surface area contributed by atoms with Gasteiger partial charge in [-0.1, -0.05) is 19.3 Å². The van der Waals surface area contributed by atoms with E-state index in [9.17, 15) is 24.3 Å². The van der Waals surface area contributed by atoms with Crippen molar-refractivity contribution < 1.29 is 29.4 Å². The van der Waals surface area contributed by atoms with Crippen molar-refractivity contribution in [3.05, 3.63) is 0 Å². The minimum absolute atomic E-state index is 0.0582. The zero-order valence-electron chi connectivity index (χ0n) is 11.7. The third kappa shape index (κ3) is 2.91. The molecule has 0 radical (unpaired) electrons. The largest absolute Gasteiger partial charge is 0.481 e. The summed E-state index contributed by atoms with van der Waals surface area (Å²) < 4.78 is 0. The summed E-state index contributed by atoms with van der Waals surface area (Å²) in [7, 11) is 0. The molecular formula is C14H19NO6. The number of hydrogen-bond donors (Lipinski definition) is 2. The Bertz CT molecular complexity index is 480. The molecule has 1 unspecified atom stereocenters. The summed E-state index contributed by atoms with van der Waals surface area (Å²) >= 11 is 0. The molecular weight excluding hydrogens is 278 g/mol. The molecule has 0 aromatic rings. The number of carboxylic acid groups (broad SMARTS) is 2.